The highest BCUT2D eigenvalue weighted by atomic mass is 35.5. The third-order valence-electron chi connectivity index (χ3n) is 4.14. The molecule has 1 N–H and O–H groups in total. The van der Waals surface area contributed by atoms with Gasteiger partial charge in [0.25, 0.3) is 0 Å². The van der Waals surface area contributed by atoms with Crippen LogP contribution in [0.2, 0.25) is 5.02 Å². The van der Waals surface area contributed by atoms with E-state index in [-0.39, 0.29) is 0 Å². The number of halogens is 1. The van der Waals surface area contributed by atoms with Crippen LogP contribution in [0.5, 0.6) is 0 Å². The Labute approximate surface area is 121 Å². The first-order valence-electron chi connectivity index (χ1n) is 7.35. The fourth-order valence-corrected chi connectivity index (χ4v) is 2.80. The summed E-state index contributed by atoms with van der Waals surface area (Å²) in [6.45, 7) is 5.42. The van der Waals surface area contributed by atoms with E-state index < -0.39 is 6.10 Å². The SMILES string of the molecule is CCN(CCC(O)c1cccc(Cl)c1)CC1CCC1. The standard InChI is InChI=1S/C16H24ClNO/c1-2-18(12-13-5-3-6-13)10-9-16(19)14-7-4-8-15(17)11-14/h4,7-8,11,13,16,19H,2-3,5-6,9-10,12H2,1H3. The van der Waals surface area contributed by atoms with Gasteiger partial charge in [-0.15, -0.1) is 0 Å². The molecule has 106 valence electrons. The van der Waals surface area contributed by atoms with E-state index in [0.717, 1.165) is 31.0 Å². The highest BCUT2D eigenvalue weighted by Crippen LogP contribution is 2.27. The Kier molecular flexibility index (Phi) is 5.68. The van der Waals surface area contributed by atoms with Crippen molar-refractivity contribution in [2.24, 2.45) is 5.92 Å². The smallest absolute Gasteiger partial charge is 0.0802 e. The molecule has 2 nitrogen and oxygen atoms in total. The minimum Gasteiger partial charge on any atom is -0.388 e. The Balaban J connectivity index is 1.79. The predicted octanol–water partition coefficient (Wildman–Crippen LogP) is 3.89. The number of hydrogen-bond donors (Lipinski definition) is 1. The van der Waals surface area contributed by atoms with Gasteiger partial charge in [-0.3, -0.25) is 0 Å². The molecule has 3 heteroatoms. The predicted molar refractivity (Wildman–Crippen MR) is 80.5 cm³/mol. The first kappa shape index (κ1) is 14.8. The van der Waals surface area contributed by atoms with Gasteiger partial charge in [0.1, 0.15) is 0 Å². The fraction of sp³-hybridized carbons (Fsp3) is 0.625. The van der Waals surface area contributed by atoms with Crippen molar-refractivity contribution in [3.63, 3.8) is 0 Å². The average Bonchev–Trinajstić information content (AvgIpc) is 2.36. The molecule has 1 aromatic carbocycles. The van der Waals surface area contributed by atoms with E-state index in [9.17, 15) is 5.11 Å². The van der Waals surface area contributed by atoms with Crippen molar-refractivity contribution in [3.8, 4) is 0 Å². The molecule has 19 heavy (non-hydrogen) atoms. The first-order chi connectivity index (χ1) is 9.19. The maximum Gasteiger partial charge on any atom is 0.0802 e. The van der Waals surface area contributed by atoms with Crippen LogP contribution in [-0.2, 0) is 0 Å². The Morgan fingerprint density at radius 3 is 2.79 bits per heavy atom. The van der Waals surface area contributed by atoms with E-state index in [1.165, 1.54) is 25.8 Å². The monoisotopic (exact) mass is 281 g/mol. The summed E-state index contributed by atoms with van der Waals surface area (Å²) in [7, 11) is 0. The Morgan fingerprint density at radius 1 is 1.42 bits per heavy atom. The molecular weight excluding hydrogens is 258 g/mol. The molecule has 0 amide bonds. The molecule has 1 aromatic rings. The second-order valence-electron chi connectivity index (χ2n) is 5.55. The van der Waals surface area contributed by atoms with Crippen molar-refractivity contribution in [3.05, 3.63) is 34.9 Å². The van der Waals surface area contributed by atoms with Gasteiger partial charge in [0, 0.05) is 18.1 Å². The summed E-state index contributed by atoms with van der Waals surface area (Å²) in [6, 6.07) is 7.53. The molecule has 1 unspecified atom stereocenters. The minimum atomic E-state index is -0.408. The van der Waals surface area contributed by atoms with Crippen LogP contribution in [0.3, 0.4) is 0 Å². The van der Waals surface area contributed by atoms with Crippen molar-refractivity contribution in [1.29, 1.82) is 0 Å². The Bertz CT molecular complexity index is 392. The molecule has 0 aromatic heterocycles. The molecule has 0 saturated heterocycles. The van der Waals surface area contributed by atoms with E-state index in [1.807, 2.05) is 24.3 Å². The Morgan fingerprint density at radius 2 is 2.21 bits per heavy atom. The van der Waals surface area contributed by atoms with Crippen molar-refractivity contribution in [1.82, 2.24) is 4.90 Å². The molecule has 1 aliphatic carbocycles. The van der Waals surface area contributed by atoms with Crippen LogP contribution in [-0.4, -0.2) is 29.6 Å². The van der Waals surface area contributed by atoms with Crippen LogP contribution >= 0.6 is 11.6 Å². The average molecular weight is 282 g/mol. The van der Waals surface area contributed by atoms with Crippen LogP contribution in [0, 0.1) is 5.92 Å². The van der Waals surface area contributed by atoms with Crippen molar-refractivity contribution in [2.45, 2.75) is 38.7 Å². The number of aliphatic hydroxyl groups excluding tert-OH is 1. The summed E-state index contributed by atoms with van der Waals surface area (Å²) in [5.74, 6) is 0.892. The zero-order valence-corrected chi connectivity index (χ0v) is 12.4. The lowest BCUT2D eigenvalue weighted by Gasteiger charge is -2.32. The van der Waals surface area contributed by atoms with E-state index >= 15 is 0 Å². The van der Waals surface area contributed by atoms with Gasteiger partial charge in [0.15, 0.2) is 0 Å². The largest absolute Gasteiger partial charge is 0.388 e. The molecule has 1 fully saturated rings. The van der Waals surface area contributed by atoms with Gasteiger partial charge in [0.2, 0.25) is 0 Å². The summed E-state index contributed by atoms with van der Waals surface area (Å²) in [4.78, 5) is 2.46. The summed E-state index contributed by atoms with van der Waals surface area (Å²) < 4.78 is 0. The van der Waals surface area contributed by atoms with Crippen LogP contribution in [0.1, 0.15) is 44.3 Å². The molecule has 0 aliphatic heterocycles. The molecule has 0 spiro atoms. The lowest BCUT2D eigenvalue weighted by Crippen LogP contribution is -2.33. The zero-order chi connectivity index (χ0) is 13.7. The van der Waals surface area contributed by atoms with Gasteiger partial charge in [-0.2, -0.15) is 0 Å². The normalized spacial score (nSPS) is 17.5. The summed E-state index contributed by atoms with van der Waals surface area (Å²) >= 11 is 5.95. The molecule has 1 atom stereocenters. The van der Waals surface area contributed by atoms with Crippen LogP contribution in [0.15, 0.2) is 24.3 Å². The quantitative estimate of drug-likeness (QED) is 0.820. The van der Waals surface area contributed by atoms with Crippen LogP contribution in [0.4, 0.5) is 0 Å². The number of benzene rings is 1. The van der Waals surface area contributed by atoms with Gasteiger partial charge in [-0.1, -0.05) is 37.1 Å². The summed E-state index contributed by atoms with van der Waals surface area (Å²) in [5.41, 5.74) is 0.923. The third-order valence-corrected chi connectivity index (χ3v) is 4.38. The summed E-state index contributed by atoms with van der Waals surface area (Å²) in [5, 5.41) is 10.9. The molecule has 2 rings (SSSR count). The van der Waals surface area contributed by atoms with E-state index in [1.54, 1.807) is 0 Å². The second-order valence-corrected chi connectivity index (χ2v) is 5.99. The third kappa shape index (κ3) is 4.48. The van der Waals surface area contributed by atoms with Crippen molar-refractivity contribution < 1.29 is 5.11 Å². The molecule has 0 heterocycles. The topological polar surface area (TPSA) is 23.5 Å². The number of hydrogen-bond acceptors (Lipinski definition) is 2. The Hall–Kier alpha value is -0.570. The van der Waals surface area contributed by atoms with Gasteiger partial charge >= 0.3 is 0 Å². The van der Waals surface area contributed by atoms with Crippen molar-refractivity contribution >= 4 is 11.6 Å². The molecular formula is C16H24ClNO. The highest BCUT2D eigenvalue weighted by Gasteiger charge is 2.20. The molecule has 1 aliphatic rings. The van der Waals surface area contributed by atoms with Gasteiger partial charge < -0.3 is 10.0 Å². The van der Waals surface area contributed by atoms with Crippen molar-refractivity contribution in [2.75, 3.05) is 19.6 Å². The molecule has 0 radical (unpaired) electrons. The lowest BCUT2D eigenvalue weighted by molar-refractivity contribution is 0.126. The van der Waals surface area contributed by atoms with E-state index in [0.29, 0.717) is 5.02 Å². The van der Waals surface area contributed by atoms with E-state index in [4.69, 9.17) is 11.6 Å². The fourth-order valence-electron chi connectivity index (χ4n) is 2.60. The highest BCUT2D eigenvalue weighted by molar-refractivity contribution is 6.30. The maximum atomic E-state index is 10.2. The van der Waals surface area contributed by atoms with Crippen LogP contribution in [0.25, 0.3) is 0 Å². The second kappa shape index (κ2) is 7.28. The molecule has 0 bridgehead atoms. The number of rotatable bonds is 7. The molecule has 1 saturated carbocycles. The van der Waals surface area contributed by atoms with E-state index in [2.05, 4.69) is 11.8 Å². The zero-order valence-electron chi connectivity index (χ0n) is 11.7. The van der Waals surface area contributed by atoms with Gasteiger partial charge in [0.05, 0.1) is 6.10 Å². The maximum absolute atomic E-state index is 10.2. The number of nitrogens with zero attached hydrogens (tertiary/aromatic N) is 1. The van der Waals surface area contributed by atoms with Crippen LogP contribution < -0.4 is 0 Å². The lowest BCUT2D eigenvalue weighted by atomic mass is 9.85. The number of aliphatic hydroxyl groups is 1. The van der Waals surface area contributed by atoms with Gasteiger partial charge in [-0.25, -0.2) is 0 Å². The van der Waals surface area contributed by atoms with Gasteiger partial charge in [-0.05, 0) is 49.4 Å². The minimum absolute atomic E-state index is 0.408. The summed E-state index contributed by atoms with van der Waals surface area (Å²) in [6.07, 6.45) is 4.53. The first-order valence-corrected chi connectivity index (χ1v) is 7.72.